The van der Waals surface area contributed by atoms with E-state index in [0.717, 1.165) is 0 Å². The van der Waals surface area contributed by atoms with Gasteiger partial charge in [-0.05, 0) is 0 Å². The average Bonchev–Trinajstić information content (AvgIpc) is 1.97. The maximum absolute atomic E-state index is 12.3. The van der Waals surface area contributed by atoms with E-state index in [2.05, 4.69) is 0 Å². The van der Waals surface area contributed by atoms with Crippen molar-refractivity contribution >= 4 is 11.9 Å². The maximum Gasteiger partial charge on any atom is 0.335 e. The van der Waals surface area contributed by atoms with Crippen molar-refractivity contribution in [3.05, 3.63) is 11.6 Å². The molecule has 0 spiro atoms. The van der Waals surface area contributed by atoms with E-state index in [4.69, 9.17) is 10.2 Å². The van der Waals surface area contributed by atoms with Gasteiger partial charge in [0.25, 0.3) is 6.43 Å². The van der Waals surface area contributed by atoms with E-state index >= 15 is 0 Å². The molecule has 0 saturated carbocycles. The van der Waals surface area contributed by atoms with Gasteiger partial charge in [-0.3, -0.25) is 0 Å². The fourth-order valence-corrected chi connectivity index (χ4v) is 0.528. The summed E-state index contributed by atoms with van der Waals surface area (Å²) in [7, 11) is 0. The lowest BCUT2D eigenvalue weighted by atomic mass is 10.1. The van der Waals surface area contributed by atoms with Gasteiger partial charge in [0.1, 0.15) is 0 Å². The molecule has 4 nitrogen and oxygen atoms in total. The summed E-state index contributed by atoms with van der Waals surface area (Å²) in [5.41, 5.74) is -1.47. The predicted molar refractivity (Wildman–Crippen MR) is 34.3 cm³/mol. The van der Waals surface area contributed by atoms with Crippen molar-refractivity contribution < 1.29 is 33.0 Å². The minimum absolute atomic E-state index is 0.0981. The van der Waals surface area contributed by atoms with Gasteiger partial charge in [0.2, 0.25) is 0 Å². The average molecular weight is 198 g/mol. The van der Waals surface area contributed by atoms with Crippen molar-refractivity contribution in [3.8, 4) is 0 Å². The number of rotatable bonds is 4. The zero-order valence-electron chi connectivity index (χ0n) is 6.08. The minimum Gasteiger partial charge on any atom is -0.478 e. The molecule has 7 heteroatoms. The number of alkyl halides is 3. The van der Waals surface area contributed by atoms with Crippen LogP contribution in [0.25, 0.3) is 0 Å². The van der Waals surface area contributed by atoms with Crippen LogP contribution in [0.1, 0.15) is 0 Å². The molecule has 0 aromatic rings. The normalized spacial score (nSPS) is 14.3. The molecule has 0 heterocycles. The molecule has 0 saturated heterocycles. The quantitative estimate of drug-likeness (QED) is 0.651. The Hall–Kier alpha value is -1.53. The van der Waals surface area contributed by atoms with Gasteiger partial charge in [-0.25, -0.2) is 22.8 Å². The van der Waals surface area contributed by atoms with Gasteiger partial charge in [-0.15, -0.1) is 0 Å². The molecule has 0 fully saturated rings. The van der Waals surface area contributed by atoms with Crippen LogP contribution in [0.5, 0.6) is 0 Å². The van der Waals surface area contributed by atoms with Crippen molar-refractivity contribution in [3.63, 3.8) is 0 Å². The van der Waals surface area contributed by atoms with Gasteiger partial charge >= 0.3 is 11.9 Å². The zero-order chi connectivity index (χ0) is 10.6. The van der Waals surface area contributed by atoms with Crippen molar-refractivity contribution in [1.82, 2.24) is 0 Å². The Morgan fingerprint density at radius 1 is 1.15 bits per heavy atom. The number of halogens is 3. The first kappa shape index (κ1) is 11.5. The molecule has 0 aliphatic carbocycles. The first-order chi connectivity index (χ1) is 5.86. The number of carboxylic acid groups (broad SMARTS) is 2. The molecular formula is C6H5F3O4. The largest absolute Gasteiger partial charge is 0.478 e. The van der Waals surface area contributed by atoms with Gasteiger partial charge < -0.3 is 10.2 Å². The summed E-state index contributed by atoms with van der Waals surface area (Å²) in [4.78, 5) is 20.0. The molecule has 0 aromatic carbocycles. The Morgan fingerprint density at radius 2 is 1.62 bits per heavy atom. The van der Waals surface area contributed by atoms with Crippen LogP contribution < -0.4 is 0 Å². The highest BCUT2D eigenvalue weighted by atomic mass is 19.3. The van der Waals surface area contributed by atoms with E-state index in [1.165, 1.54) is 0 Å². The third kappa shape index (κ3) is 3.59. The SMILES string of the molecule is O=C(O)C=C(C(=O)O)C(F)C(F)F. The van der Waals surface area contributed by atoms with Crippen LogP contribution in [0.4, 0.5) is 13.2 Å². The molecule has 1 atom stereocenters. The van der Waals surface area contributed by atoms with E-state index in [9.17, 15) is 22.8 Å². The molecule has 0 aliphatic heterocycles. The molecular weight excluding hydrogens is 193 g/mol. The van der Waals surface area contributed by atoms with E-state index in [-0.39, 0.29) is 6.08 Å². The molecule has 0 bridgehead atoms. The van der Waals surface area contributed by atoms with Gasteiger partial charge in [-0.2, -0.15) is 0 Å². The van der Waals surface area contributed by atoms with Crippen molar-refractivity contribution in [2.45, 2.75) is 12.6 Å². The van der Waals surface area contributed by atoms with Gasteiger partial charge in [0.05, 0.1) is 5.57 Å². The van der Waals surface area contributed by atoms with Crippen molar-refractivity contribution in [2.75, 3.05) is 0 Å². The highest BCUT2D eigenvalue weighted by Gasteiger charge is 2.29. The van der Waals surface area contributed by atoms with Crippen LogP contribution in [0.3, 0.4) is 0 Å². The first-order valence-corrected chi connectivity index (χ1v) is 2.96. The van der Waals surface area contributed by atoms with E-state index in [1.54, 1.807) is 0 Å². The molecule has 0 rings (SSSR count). The number of carbonyl (C=O) groups is 2. The third-order valence-electron chi connectivity index (χ3n) is 1.04. The number of aliphatic carboxylic acids is 2. The summed E-state index contributed by atoms with van der Waals surface area (Å²) in [6.07, 6.45) is -6.74. The molecule has 74 valence electrons. The smallest absolute Gasteiger partial charge is 0.335 e. The second kappa shape index (κ2) is 4.48. The summed E-state index contributed by atoms with van der Waals surface area (Å²) >= 11 is 0. The van der Waals surface area contributed by atoms with Crippen molar-refractivity contribution in [1.29, 1.82) is 0 Å². The lowest BCUT2D eigenvalue weighted by molar-refractivity contribution is -0.136. The highest BCUT2D eigenvalue weighted by Crippen LogP contribution is 2.15. The van der Waals surface area contributed by atoms with Crippen LogP contribution in [0, 0.1) is 0 Å². The Morgan fingerprint density at radius 3 is 1.85 bits per heavy atom. The summed E-state index contributed by atoms with van der Waals surface area (Å²) in [6, 6.07) is 0. The minimum atomic E-state index is -3.55. The maximum atomic E-state index is 12.3. The standard InChI is InChI=1S/C6H5F3O4/c7-4(5(8)9)2(6(12)13)1-3(10)11/h1,4-5H,(H,10,11)(H,12,13). The van der Waals surface area contributed by atoms with Gasteiger partial charge in [0, 0.05) is 6.08 Å². The second-order valence-electron chi connectivity index (χ2n) is 1.98. The van der Waals surface area contributed by atoms with Gasteiger partial charge in [-0.1, -0.05) is 0 Å². The number of carboxylic acids is 2. The topological polar surface area (TPSA) is 74.6 Å². The summed E-state index contributed by atoms with van der Waals surface area (Å²) in [6.45, 7) is 0. The fourth-order valence-electron chi connectivity index (χ4n) is 0.528. The van der Waals surface area contributed by atoms with Crippen molar-refractivity contribution in [2.24, 2.45) is 0 Å². The van der Waals surface area contributed by atoms with Crippen LogP contribution in [0.2, 0.25) is 0 Å². The molecule has 0 aliphatic rings. The Bertz CT molecular complexity index is 248. The van der Waals surface area contributed by atoms with Crippen LogP contribution in [0.15, 0.2) is 11.6 Å². The molecule has 0 amide bonds. The Labute approximate surface area is 70.3 Å². The fraction of sp³-hybridized carbons (Fsp3) is 0.333. The molecule has 0 radical (unpaired) electrons. The molecule has 0 aromatic heterocycles. The predicted octanol–water partition coefficient (Wildman–Crippen LogP) is 0.685. The summed E-state index contributed by atoms with van der Waals surface area (Å²) in [5, 5.41) is 16.1. The van der Waals surface area contributed by atoms with Crippen LogP contribution in [-0.4, -0.2) is 34.7 Å². The summed E-state index contributed by atoms with van der Waals surface area (Å²) in [5.74, 6) is -3.81. The lowest BCUT2D eigenvalue weighted by Gasteiger charge is -2.06. The Kier molecular flexibility index (Phi) is 3.96. The molecule has 13 heavy (non-hydrogen) atoms. The number of hydrogen-bond acceptors (Lipinski definition) is 2. The first-order valence-electron chi connectivity index (χ1n) is 2.96. The summed E-state index contributed by atoms with van der Waals surface area (Å²) < 4.78 is 35.6. The lowest BCUT2D eigenvalue weighted by Crippen LogP contribution is -2.22. The van der Waals surface area contributed by atoms with E-state index in [0.29, 0.717) is 0 Å². The Balaban J connectivity index is 4.82. The van der Waals surface area contributed by atoms with E-state index in [1.807, 2.05) is 0 Å². The van der Waals surface area contributed by atoms with Gasteiger partial charge in [0.15, 0.2) is 6.17 Å². The van der Waals surface area contributed by atoms with E-state index < -0.39 is 30.1 Å². The number of hydrogen-bond donors (Lipinski definition) is 2. The monoisotopic (exact) mass is 198 g/mol. The van der Waals surface area contributed by atoms with Crippen LogP contribution >= 0.6 is 0 Å². The van der Waals surface area contributed by atoms with Crippen LogP contribution in [-0.2, 0) is 9.59 Å². The molecule has 1 unspecified atom stereocenters. The molecule has 2 N–H and O–H groups in total. The highest BCUT2D eigenvalue weighted by molar-refractivity contribution is 5.95. The third-order valence-corrected chi connectivity index (χ3v) is 1.04. The zero-order valence-corrected chi connectivity index (χ0v) is 6.08. The second-order valence-corrected chi connectivity index (χ2v) is 1.98.